The zero-order valence-corrected chi connectivity index (χ0v) is 21.1. The van der Waals surface area contributed by atoms with Crippen LogP contribution in [0, 0.1) is 0 Å². The number of methoxy groups -OCH3 is 4. The Kier molecular flexibility index (Phi) is 9.81. The van der Waals surface area contributed by atoms with Gasteiger partial charge in [0.05, 0.1) is 14.2 Å². The molecule has 0 atom stereocenters. The molecule has 186 valence electrons. The standard InChI is InChI=1S/C16H18O2.C15H14O3/c1-17-16(18-2,15-11-7-4-8-12-15)13-14-9-5-3-6-10-14;1-17-13-7-3-11(4-8-13)15(16)12-5-9-14(18-2)10-6-12/h3-12H,13H2,1-2H3;3-10H,1-2H3. The number of ether oxygens (including phenoxy) is 4. The van der Waals surface area contributed by atoms with E-state index in [2.05, 4.69) is 12.1 Å². The van der Waals surface area contributed by atoms with Gasteiger partial charge >= 0.3 is 0 Å². The number of carbonyl (C=O) groups is 1. The Morgan fingerprint density at radius 1 is 0.583 bits per heavy atom. The minimum atomic E-state index is -0.720. The van der Waals surface area contributed by atoms with Crippen LogP contribution in [0.5, 0.6) is 11.5 Å². The molecule has 4 aromatic carbocycles. The second-order valence-electron chi connectivity index (χ2n) is 7.98. The van der Waals surface area contributed by atoms with Crippen molar-refractivity contribution in [1.29, 1.82) is 0 Å². The second-order valence-corrected chi connectivity index (χ2v) is 7.98. The molecule has 0 N–H and O–H groups in total. The van der Waals surface area contributed by atoms with Crippen LogP contribution in [0.15, 0.2) is 109 Å². The summed E-state index contributed by atoms with van der Waals surface area (Å²) in [5, 5.41) is 0. The summed E-state index contributed by atoms with van der Waals surface area (Å²) in [5.74, 6) is 0.741. The molecule has 0 unspecified atom stereocenters. The predicted molar refractivity (Wildman–Crippen MR) is 142 cm³/mol. The highest BCUT2D eigenvalue weighted by atomic mass is 16.7. The van der Waals surface area contributed by atoms with E-state index in [0.717, 1.165) is 17.1 Å². The fourth-order valence-corrected chi connectivity index (χ4v) is 3.77. The Morgan fingerprint density at radius 3 is 1.39 bits per heavy atom. The van der Waals surface area contributed by atoms with E-state index in [-0.39, 0.29) is 5.78 Å². The average molecular weight is 485 g/mol. The number of benzene rings is 4. The van der Waals surface area contributed by atoms with Crippen LogP contribution < -0.4 is 9.47 Å². The molecule has 4 aromatic rings. The molecule has 0 aliphatic carbocycles. The molecule has 0 fully saturated rings. The quantitative estimate of drug-likeness (QED) is 0.206. The number of hydrogen-bond donors (Lipinski definition) is 0. The molecule has 36 heavy (non-hydrogen) atoms. The summed E-state index contributed by atoms with van der Waals surface area (Å²) in [6.07, 6.45) is 0.685. The molecule has 0 spiro atoms. The van der Waals surface area contributed by atoms with Crippen molar-refractivity contribution in [3.05, 3.63) is 131 Å². The third-order valence-corrected chi connectivity index (χ3v) is 5.86. The highest BCUT2D eigenvalue weighted by molar-refractivity contribution is 6.09. The number of ketones is 1. The van der Waals surface area contributed by atoms with E-state index in [1.807, 2.05) is 48.5 Å². The predicted octanol–water partition coefficient (Wildman–Crippen LogP) is 6.31. The van der Waals surface area contributed by atoms with Crippen molar-refractivity contribution in [2.75, 3.05) is 28.4 Å². The van der Waals surface area contributed by atoms with Crippen molar-refractivity contribution in [2.45, 2.75) is 12.2 Å². The third kappa shape index (κ3) is 6.81. The Balaban J connectivity index is 0.000000201. The fraction of sp³-hybridized carbons (Fsp3) is 0.194. The van der Waals surface area contributed by atoms with Crippen LogP contribution in [-0.4, -0.2) is 34.2 Å². The average Bonchev–Trinajstić information content (AvgIpc) is 2.97. The van der Waals surface area contributed by atoms with Gasteiger partial charge in [0.25, 0.3) is 0 Å². The Labute approximate surface area is 213 Å². The summed E-state index contributed by atoms with van der Waals surface area (Å²) in [5.41, 5.74) is 3.49. The molecule has 0 aromatic heterocycles. The zero-order chi connectivity index (χ0) is 25.8. The molecule has 5 nitrogen and oxygen atoms in total. The van der Waals surface area contributed by atoms with Crippen LogP contribution in [0.25, 0.3) is 0 Å². The summed E-state index contributed by atoms with van der Waals surface area (Å²) in [6.45, 7) is 0. The van der Waals surface area contributed by atoms with Gasteiger partial charge in [-0.3, -0.25) is 4.79 Å². The van der Waals surface area contributed by atoms with Crippen LogP contribution >= 0.6 is 0 Å². The van der Waals surface area contributed by atoms with E-state index < -0.39 is 5.79 Å². The van der Waals surface area contributed by atoms with Gasteiger partial charge in [-0.15, -0.1) is 0 Å². The van der Waals surface area contributed by atoms with E-state index >= 15 is 0 Å². The lowest BCUT2D eigenvalue weighted by Gasteiger charge is -2.31. The number of rotatable bonds is 9. The maximum Gasteiger partial charge on any atom is 0.198 e. The van der Waals surface area contributed by atoms with E-state index in [1.165, 1.54) is 5.56 Å². The van der Waals surface area contributed by atoms with Crippen LogP contribution in [0.3, 0.4) is 0 Å². The maximum absolute atomic E-state index is 12.2. The van der Waals surface area contributed by atoms with Crippen molar-refractivity contribution in [3.63, 3.8) is 0 Å². The molecule has 0 radical (unpaired) electrons. The lowest BCUT2D eigenvalue weighted by Crippen LogP contribution is -2.33. The van der Waals surface area contributed by atoms with Crippen molar-refractivity contribution in [2.24, 2.45) is 0 Å². The molecule has 0 amide bonds. The normalized spacial score (nSPS) is 10.7. The van der Waals surface area contributed by atoms with Crippen LogP contribution in [0.1, 0.15) is 27.0 Å². The van der Waals surface area contributed by atoms with Crippen LogP contribution in [0.2, 0.25) is 0 Å². The molecule has 0 saturated carbocycles. The molecule has 0 bridgehead atoms. The molecule has 0 aliphatic rings. The van der Waals surface area contributed by atoms with Crippen LogP contribution in [0.4, 0.5) is 0 Å². The topological polar surface area (TPSA) is 54.0 Å². The molecular formula is C31H32O5. The molecule has 0 aliphatic heterocycles. The van der Waals surface area contributed by atoms with Gasteiger partial charge in [0.15, 0.2) is 11.6 Å². The van der Waals surface area contributed by atoms with E-state index in [0.29, 0.717) is 17.5 Å². The summed E-state index contributed by atoms with van der Waals surface area (Å²) >= 11 is 0. The van der Waals surface area contributed by atoms with Gasteiger partial charge in [-0.1, -0.05) is 60.7 Å². The molecule has 0 saturated heterocycles. The first-order chi connectivity index (χ1) is 17.5. The van der Waals surface area contributed by atoms with Gasteiger partial charge in [0.1, 0.15) is 11.5 Å². The third-order valence-electron chi connectivity index (χ3n) is 5.86. The van der Waals surface area contributed by atoms with Gasteiger partial charge < -0.3 is 18.9 Å². The van der Waals surface area contributed by atoms with Crippen molar-refractivity contribution in [1.82, 2.24) is 0 Å². The summed E-state index contributed by atoms with van der Waals surface area (Å²) in [6, 6.07) is 34.4. The maximum atomic E-state index is 12.2. The SMILES string of the molecule is COC(Cc1ccccc1)(OC)c1ccccc1.COc1ccc(C(=O)c2ccc(OC)cc2)cc1. The first-order valence-electron chi connectivity index (χ1n) is 11.6. The molecule has 4 rings (SSSR count). The smallest absolute Gasteiger partial charge is 0.198 e. The summed E-state index contributed by atoms with van der Waals surface area (Å²) in [7, 11) is 6.56. The molecular weight excluding hydrogens is 452 g/mol. The number of carbonyl (C=O) groups excluding carboxylic acids is 1. The number of hydrogen-bond acceptors (Lipinski definition) is 5. The minimum absolute atomic E-state index is 0.0136. The fourth-order valence-electron chi connectivity index (χ4n) is 3.77. The van der Waals surface area contributed by atoms with Crippen molar-refractivity contribution in [3.8, 4) is 11.5 Å². The van der Waals surface area contributed by atoms with E-state index in [1.54, 1.807) is 77.0 Å². The molecule has 0 heterocycles. The highest BCUT2D eigenvalue weighted by Crippen LogP contribution is 2.30. The monoisotopic (exact) mass is 484 g/mol. The minimum Gasteiger partial charge on any atom is -0.497 e. The van der Waals surface area contributed by atoms with Crippen molar-refractivity contribution < 1.29 is 23.7 Å². The Hall–Kier alpha value is -3.93. The first kappa shape index (κ1) is 26.7. The lowest BCUT2D eigenvalue weighted by molar-refractivity contribution is -0.215. The molecule has 5 heteroatoms. The van der Waals surface area contributed by atoms with Gasteiger partial charge in [-0.25, -0.2) is 0 Å². The first-order valence-corrected chi connectivity index (χ1v) is 11.6. The summed E-state index contributed by atoms with van der Waals surface area (Å²) < 4.78 is 21.4. The van der Waals surface area contributed by atoms with Crippen LogP contribution in [-0.2, 0) is 21.7 Å². The largest absolute Gasteiger partial charge is 0.497 e. The lowest BCUT2D eigenvalue weighted by atomic mass is 9.97. The van der Waals surface area contributed by atoms with Crippen molar-refractivity contribution >= 4 is 5.78 Å². The Bertz CT molecular complexity index is 1130. The second kappa shape index (κ2) is 13.2. The van der Waals surface area contributed by atoms with Gasteiger partial charge in [-0.05, 0) is 54.1 Å². The summed E-state index contributed by atoms with van der Waals surface area (Å²) in [4.78, 5) is 12.2. The Morgan fingerprint density at radius 2 is 1.00 bits per heavy atom. The van der Waals surface area contributed by atoms with E-state index in [4.69, 9.17) is 18.9 Å². The van der Waals surface area contributed by atoms with E-state index in [9.17, 15) is 4.79 Å². The van der Waals surface area contributed by atoms with Gasteiger partial charge in [0.2, 0.25) is 0 Å². The van der Waals surface area contributed by atoms with Gasteiger partial charge in [0, 0.05) is 37.3 Å². The van der Waals surface area contributed by atoms with Gasteiger partial charge in [-0.2, -0.15) is 0 Å². The highest BCUT2D eigenvalue weighted by Gasteiger charge is 2.32. The zero-order valence-electron chi connectivity index (χ0n) is 21.1.